The number of benzene rings is 2. The van der Waals surface area contributed by atoms with Crippen molar-refractivity contribution in [1.82, 2.24) is 0 Å². The van der Waals surface area contributed by atoms with Gasteiger partial charge in [0.15, 0.2) is 0 Å². The Bertz CT molecular complexity index is 754. The lowest BCUT2D eigenvalue weighted by Crippen LogP contribution is -2.22. The highest BCUT2D eigenvalue weighted by Crippen LogP contribution is 2.53. The molecule has 0 saturated carbocycles. The molecule has 0 aliphatic carbocycles. The van der Waals surface area contributed by atoms with Gasteiger partial charge in [0.05, 0.1) is 25.7 Å². The van der Waals surface area contributed by atoms with E-state index in [0.29, 0.717) is 31.6 Å². The summed E-state index contributed by atoms with van der Waals surface area (Å²) in [6, 6.07) is 18.3. The first-order valence-corrected chi connectivity index (χ1v) is 9.93. The maximum Gasteiger partial charge on any atom is 0.313 e. The number of ether oxygens (including phenoxy) is 1. The number of esters is 1. The predicted octanol–water partition coefficient (Wildman–Crippen LogP) is 4.95. The molecule has 1 atom stereocenters. The smallest absolute Gasteiger partial charge is 0.313 e. The zero-order valence-electron chi connectivity index (χ0n) is 14.9. The van der Waals surface area contributed by atoms with Crippen LogP contribution in [0, 0.1) is 5.92 Å². The lowest BCUT2D eigenvalue weighted by atomic mass is 9.92. The molecule has 0 spiro atoms. The van der Waals surface area contributed by atoms with Crippen LogP contribution in [0.1, 0.15) is 12.5 Å². The average molecular weight is 370 g/mol. The van der Waals surface area contributed by atoms with Crippen LogP contribution in [0.15, 0.2) is 66.5 Å². The van der Waals surface area contributed by atoms with Crippen molar-refractivity contribution in [3.05, 3.63) is 72.1 Å². The second kappa shape index (κ2) is 9.09. The van der Waals surface area contributed by atoms with Crippen LogP contribution in [-0.2, 0) is 25.0 Å². The van der Waals surface area contributed by atoms with E-state index in [1.807, 2.05) is 43.3 Å². The Morgan fingerprint density at radius 3 is 2.46 bits per heavy atom. The molecule has 1 saturated heterocycles. The van der Waals surface area contributed by atoms with Crippen LogP contribution in [0.5, 0.6) is 0 Å². The fourth-order valence-electron chi connectivity index (χ4n) is 2.97. The fraction of sp³-hybridized carbons (Fsp3) is 0.286. The molecule has 3 rings (SSSR count). The molecule has 136 valence electrons. The highest BCUT2D eigenvalue weighted by atomic mass is 31.2. The molecule has 0 radical (unpaired) electrons. The topological polar surface area (TPSA) is 44.8 Å². The first kappa shape index (κ1) is 18.8. The lowest BCUT2D eigenvalue weighted by molar-refractivity contribution is -0.146. The highest BCUT2D eigenvalue weighted by Gasteiger charge is 2.33. The van der Waals surface area contributed by atoms with E-state index in [1.165, 1.54) is 0 Å². The second-order valence-corrected chi connectivity index (χ2v) is 7.55. The van der Waals surface area contributed by atoms with Crippen LogP contribution >= 0.6 is 8.38 Å². The van der Waals surface area contributed by atoms with Crippen molar-refractivity contribution in [3.8, 4) is 11.1 Å². The van der Waals surface area contributed by atoms with Crippen molar-refractivity contribution in [1.29, 1.82) is 0 Å². The summed E-state index contributed by atoms with van der Waals surface area (Å²) in [5.74, 6) is -0.758. The summed E-state index contributed by atoms with van der Waals surface area (Å²) >= 11 is 0. The molecule has 0 bridgehead atoms. The molecule has 0 amide bonds. The minimum Gasteiger partial charge on any atom is -0.466 e. The van der Waals surface area contributed by atoms with Crippen LogP contribution < -0.4 is 0 Å². The summed E-state index contributed by atoms with van der Waals surface area (Å²) in [5, 5.41) is 0.679. The van der Waals surface area contributed by atoms with Crippen molar-refractivity contribution < 1.29 is 18.6 Å². The minimum absolute atomic E-state index is 0.276. The Morgan fingerprint density at radius 2 is 1.77 bits per heavy atom. The average Bonchev–Trinajstić information content (AvgIpc) is 3.21. The summed E-state index contributed by atoms with van der Waals surface area (Å²) in [6.07, 6.45) is 0.508. The SMILES string of the molecule is C=C(C(Cc1ccccc1-c1ccccc1)C(=O)OCC)P1OCCO1. The van der Waals surface area contributed by atoms with Gasteiger partial charge in [0.25, 0.3) is 0 Å². The second-order valence-electron chi connectivity index (χ2n) is 5.95. The first-order chi connectivity index (χ1) is 12.7. The van der Waals surface area contributed by atoms with E-state index in [4.69, 9.17) is 13.8 Å². The third-order valence-corrected chi connectivity index (χ3v) is 5.85. The van der Waals surface area contributed by atoms with Crippen LogP contribution in [0.25, 0.3) is 11.1 Å². The van der Waals surface area contributed by atoms with Crippen molar-refractivity contribution in [2.75, 3.05) is 19.8 Å². The molecular weight excluding hydrogens is 347 g/mol. The Labute approximate surface area is 155 Å². The van der Waals surface area contributed by atoms with Gasteiger partial charge >= 0.3 is 5.97 Å². The molecule has 26 heavy (non-hydrogen) atoms. The third-order valence-electron chi connectivity index (χ3n) is 4.23. The molecule has 1 fully saturated rings. The van der Waals surface area contributed by atoms with Gasteiger partial charge < -0.3 is 13.8 Å². The number of carbonyl (C=O) groups is 1. The van der Waals surface area contributed by atoms with Crippen LogP contribution in [0.4, 0.5) is 0 Å². The van der Waals surface area contributed by atoms with Crippen LogP contribution in [0.3, 0.4) is 0 Å². The normalized spacial score (nSPS) is 15.6. The molecule has 1 aliphatic rings. The first-order valence-electron chi connectivity index (χ1n) is 8.75. The maximum atomic E-state index is 12.6. The zero-order valence-corrected chi connectivity index (χ0v) is 15.8. The third kappa shape index (κ3) is 4.39. The van der Waals surface area contributed by atoms with E-state index >= 15 is 0 Å². The van der Waals surface area contributed by atoms with Crippen LogP contribution in [-0.4, -0.2) is 25.8 Å². The largest absolute Gasteiger partial charge is 0.466 e. The molecule has 2 aromatic rings. The summed E-state index contributed by atoms with van der Waals surface area (Å²) in [7, 11) is -1.24. The van der Waals surface area contributed by atoms with Gasteiger partial charge in [-0.1, -0.05) is 61.2 Å². The monoisotopic (exact) mass is 370 g/mol. The van der Waals surface area contributed by atoms with E-state index < -0.39 is 14.3 Å². The van der Waals surface area contributed by atoms with E-state index in [1.54, 1.807) is 0 Å². The Kier molecular flexibility index (Phi) is 6.56. The number of rotatable bonds is 7. The van der Waals surface area contributed by atoms with Gasteiger partial charge in [0.1, 0.15) is 0 Å². The van der Waals surface area contributed by atoms with Gasteiger partial charge in [-0.25, -0.2) is 0 Å². The van der Waals surface area contributed by atoms with Crippen molar-refractivity contribution in [2.45, 2.75) is 13.3 Å². The van der Waals surface area contributed by atoms with Crippen molar-refractivity contribution in [2.24, 2.45) is 5.92 Å². The Hall–Kier alpha value is -2.00. The molecule has 0 aromatic heterocycles. The van der Waals surface area contributed by atoms with Crippen LogP contribution in [0.2, 0.25) is 0 Å². The molecule has 1 aliphatic heterocycles. The molecule has 4 nitrogen and oxygen atoms in total. The molecule has 1 heterocycles. The Morgan fingerprint density at radius 1 is 1.12 bits per heavy atom. The summed E-state index contributed by atoms with van der Waals surface area (Å²) in [5.41, 5.74) is 3.30. The van der Waals surface area contributed by atoms with Gasteiger partial charge in [-0.15, -0.1) is 0 Å². The summed E-state index contributed by atoms with van der Waals surface area (Å²) in [4.78, 5) is 12.6. The van der Waals surface area contributed by atoms with Gasteiger partial charge in [-0.05, 0) is 30.0 Å². The van der Waals surface area contributed by atoms with E-state index in [-0.39, 0.29) is 5.97 Å². The number of hydrogen-bond acceptors (Lipinski definition) is 4. The van der Waals surface area contributed by atoms with E-state index in [9.17, 15) is 4.79 Å². The molecule has 0 N–H and O–H groups in total. The predicted molar refractivity (Wildman–Crippen MR) is 104 cm³/mol. The molecular formula is C21H23O4P. The lowest BCUT2D eigenvalue weighted by Gasteiger charge is -2.22. The quantitative estimate of drug-likeness (QED) is 0.511. The number of hydrogen-bond donors (Lipinski definition) is 0. The molecule has 1 unspecified atom stereocenters. The van der Waals surface area contributed by atoms with Gasteiger partial charge in [0.2, 0.25) is 8.38 Å². The fourth-order valence-corrected chi connectivity index (χ4v) is 4.31. The van der Waals surface area contributed by atoms with Gasteiger partial charge in [-0.2, -0.15) is 0 Å². The standard InChI is InChI=1S/C21H23O4P/c1-3-23-21(22)20(16(2)26-24-13-14-25-26)15-18-11-7-8-12-19(18)17-9-5-4-6-10-17/h4-12,20H,2-3,13-15H2,1H3. The molecule has 2 aromatic carbocycles. The number of carbonyl (C=O) groups excluding carboxylic acids is 1. The summed E-state index contributed by atoms with van der Waals surface area (Å²) < 4.78 is 16.5. The highest BCUT2D eigenvalue weighted by molar-refractivity contribution is 7.52. The zero-order chi connectivity index (χ0) is 18.4. The van der Waals surface area contributed by atoms with Crippen molar-refractivity contribution in [3.63, 3.8) is 0 Å². The molecule has 5 heteroatoms. The Balaban J connectivity index is 1.89. The summed E-state index contributed by atoms with van der Waals surface area (Å²) in [6.45, 7) is 7.35. The van der Waals surface area contributed by atoms with Crippen molar-refractivity contribution >= 4 is 14.3 Å². The van der Waals surface area contributed by atoms with E-state index in [2.05, 4.69) is 24.8 Å². The minimum atomic E-state index is -1.24. The van der Waals surface area contributed by atoms with Gasteiger partial charge in [-0.3, -0.25) is 4.79 Å². The van der Waals surface area contributed by atoms with Gasteiger partial charge in [0, 0.05) is 5.31 Å². The van der Waals surface area contributed by atoms with E-state index in [0.717, 1.165) is 16.7 Å². The maximum absolute atomic E-state index is 12.6.